The van der Waals surface area contributed by atoms with E-state index in [9.17, 15) is 9.59 Å². The molecule has 0 saturated heterocycles. The van der Waals surface area contributed by atoms with E-state index in [1.54, 1.807) is 24.3 Å². The fourth-order valence-electron chi connectivity index (χ4n) is 1.81. The van der Waals surface area contributed by atoms with E-state index in [1.807, 2.05) is 34.6 Å². The van der Waals surface area contributed by atoms with E-state index < -0.39 is 5.97 Å². The van der Waals surface area contributed by atoms with Crippen LogP contribution in [0.2, 0.25) is 0 Å². The topological polar surface area (TPSA) is 52.6 Å². The van der Waals surface area contributed by atoms with Crippen molar-refractivity contribution in [3.05, 3.63) is 35.4 Å². The smallest absolute Gasteiger partial charge is 0.338 e. The molecule has 1 unspecified atom stereocenters. The van der Waals surface area contributed by atoms with Crippen molar-refractivity contribution in [2.75, 3.05) is 13.2 Å². The van der Waals surface area contributed by atoms with Gasteiger partial charge < -0.3 is 9.47 Å². The largest absolute Gasteiger partial charge is 0.460 e. The summed E-state index contributed by atoms with van der Waals surface area (Å²) in [5, 5.41) is 0. The molecule has 0 heterocycles. The Kier molecular flexibility index (Phi) is 6.75. The molecule has 0 N–H and O–H groups in total. The molecular weight excluding hydrogens is 280 g/mol. The molecule has 1 rings (SSSR count). The van der Waals surface area contributed by atoms with Crippen molar-refractivity contribution in [1.29, 1.82) is 0 Å². The molecular formula is C18H26O4. The maximum Gasteiger partial charge on any atom is 0.338 e. The van der Waals surface area contributed by atoms with Gasteiger partial charge in [0.25, 0.3) is 0 Å². The summed E-state index contributed by atoms with van der Waals surface area (Å²) in [5.41, 5.74) is 0.822. The van der Waals surface area contributed by atoms with Crippen LogP contribution in [0.4, 0.5) is 0 Å². The van der Waals surface area contributed by atoms with Crippen molar-refractivity contribution in [2.24, 2.45) is 5.92 Å². The van der Waals surface area contributed by atoms with Crippen molar-refractivity contribution < 1.29 is 19.1 Å². The third-order valence-corrected chi connectivity index (χ3v) is 3.32. The Balaban J connectivity index is 2.52. The van der Waals surface area contributed by atoms with Crippen LogP contribution in [0.1, 0.15) is 61.8 Å². The molecule has 122 valence electrons. The highest BCUT2D eigenvalue weighted by atomic mass is 16.6. The lowest BCUT2D eigenvalue weighted by Gasteiger charge is -2.19. The van der Waals surface area contributed by atoms with Crippen LogP contribution in [0.3, 0.4) is 0 Å². The Labute approximate surface area is 132 Å². The van der Waals surface area contributed by atoms with Gasteiger partial charge in [0, 0.05) is 11.5 Å². The second-order valence-electron chi connectivity index (χ2n) is 6.35. The Bertz CT molecular complexity index is 497. The fraction of sp³-hybridized carbons (Fsp3) is 0.556. The van der Waals surface area contributed by atoms with Crippen LogP contribution in [-0.2, 0) is 9.47 Å². The predicted molar refractivity (Wildman–Crippen MR) is 86.2 cm³/mol. The second kappa shape index (κ2) is 8.08. The molecule has 0 aromatic heterocycles. The number of esters is 1. The first-order valence-electron chi connectivity index (χ1n) is 7.70. The van der Waals surface area contributed by atoms with E-state index in [0.717, 1.165) is 6.42 Å². The molecule has 4 heteroatoms. The van der Waals surface area contributed by atoms with Crippen LogP contribution in [0.15, 0.2) is 24.3 Å². The molecule has 0 aliphatic rings. The highest BCUT2D eigenvalue weighted by molar-refractivity contribution is 5.98. The number of hydrogen-bond donors (Lipinski definition) is 0. The lowest BCUT2D eigenvalue weighted by molar-refractivity contribution is -0.0281. The van der Waals surface area contributed by atoms with E-state index in [0.29, 0.717) is 17.7 Å². The zero-order chi connectivity index (χ0) is 16.8. The van der Waals surface area contributed by atoms with Gasteiger partial charge in [0.1, 0.15) is 6.61 Å². The number of carbonyl (C=O) groups is 2. The standard InChI is InChI=1S/C18H26O4/c1-6-13(2)16(19)14-7-9-15(10-8-14)17(20)21-11-12-22-18(3,4)5/h7-10,13H,6,11-12H2,1-5H3. The summed E-state index contributed by atoms with van der Waals surface area (Å²) in [5.74, 6) is -0.312. The quantitative estimate of drug-likeness (QED) is 0.436. The van der Waals surface area contributed by atoms with Gasteiger partial charge in [-0.1, -0.05) is 26.0 Å². The van der Waals surface area contributed by atoms with Gasteiger partial charge in [-0.25, -0.2) is 4.79 Å². The number of ether oxygens (including phenoxy) is 2. The number of Topliss-reactive ketones (excluding diaryl/α,β-unsaturated/α-hetero) is 1. The van der Waals surface area contributed by atoms with Crippen LogP contribution in [0, 0.1) is 5.92 Å². The Hall–Kier alpha value is -1.68. The summed E-state index contributed by atoms with van der Waals surface area (Å²) in [6.07, 6.45) is 0.802. The summed E-state index contributed by atoms with van der Waals surface area (Å²) in [7, 11) is 0. The van der Waals surface area contributed by atoms with Gasteiger partial charge in [-0.15, -0.1) is 0 Å². The minimum Gasteiger partial charge on any atom is -0.460 e. The SMILES string of the molecule is CCC(C)C(=O)c1ccc(C(=O)OCCOC(C)(C)C)cc1. The lowest BCUT2D eigenvalue weighted by atomic mass is 9.96. The predicted octanol–water partition coefficient (Wildman–Crippen LogP) is 3.89. The van der Waals surface area contributed by atoms with Crippen LogP contribution >= 0.6 is 0 Å². The molecule has 22 heavy (non-hydrogen) atoms. The van der Waals surface area contributed by atoms with Crippen molar-refractivity contribution in [1.82, 2.24) is 0 Å². The second-order valence-corrected chi connectivity index (χ2v) is 6.35. The fourth-order valence-corrected chi connectivity index (χ4v) is 1.81. The monoisotopic (exact) mass is 306 g/mol. The third-order valence-electron chi connectivity index (χ3n) is 3.32. The molecule has 1 atom stereocenters. The summed E-state index contributed by atoms with van der Waals surface area (Å²) in [6.45, 7) is 10.3. The molecule has 0 bridgehead atoms. The lowest BCUT2D eigenvalue weighted by Crippen LogP contribution is -2.22. The molecule has 1 aromatic carbocycles. The average Bonchev–Trinajstić information content (AvgIpc) is 2.49. The molecule has 0 radical (unpaired) electrons. The van der Waals surface area contributed by atoms with Crippen LogP contribution in [-0.4, -0.2) is 30.6 Å². The maximum atomic E-state index is 12.0. The van der Waals surface area contributed by atoms with Crippen LogP contribution < -0.4 is 0 Å². The van der Waals surface area contributed by atoms with E-state index in [2.05, 4.69) is 0 Å². The first-order valence-corrected chi connectivity index (χ1v) is 7.70. The Morgan fingerprint density at radius 1 is 1.05 bits per heavy atom. The highest BCUT2D eigenvalue weighted by Crippen LogP contribution is 2.13. The molecule has 0 saturated carbocycles. The number of hydrogen-bond acceptors (Lipinski definition) is 4. The average molecular weight is 306 g/mol. The summed E-state index contributed by atoms with van der Waals surface area (Å²) >= 11 is 0. The van der Waals surface area contributed by atoms with E-state index >= 15 is 0 Å². The maximum absolute atomic E-state index is 12.0. The molecule has 0 aliphatic heterocycles. The van der Waals surface area contributed by atoms with Gasteiger partial charge in [0.15, 0.2) is 5.78 Å². The van der Waals surface area contributed by atoms with Gasteiger partial charge >= 0.3 is 5.97 Å². The summed E-state index contributed by atoms with van der Waals surface area (Å²) < 4.78 is 10.6. The van der Waals surface area contributed by atoms with Crippen LogP contribution in [0.5, 0.6) is 0 Å². The molecule has 4 nitrogen and oxygen atoms in total. The minimum absolute atomic E-state index is 0.00708. The molecule has 0 aliphatic carbocycles. The number of carbonyl (C=O) groups excluding carboxylic acids is 2. The highest BCUT2D eigenvalue weighted by Gasteiger charge is 2.15. The third kappa shape index (κ3) is 5.98. The molecule has 0 amide bonds. The van der Waals surface area contributed by atoms with Gasteiger partial charge in [-0.05, 0) is 39.3 Å². The molecule has 0 fully saturated rings. The van der Waals surface area contributed by atoms with Crippen molar-refractivity contribution in [3.8, 4) is 0 Å². The minimum atomic E-state index is -0.403. The van der Waals surface area contributed by atoms with E-state index in [4.69, 9.17) is 9.47 Å². The summed E-state index contributed by atoms with van der Waals surface area (Å²) in [6, 6.07) is 6.61. The first kappa shape index (κ1) is 18.4. The van der Waals surface area contributed by atoms with Crippen molar-refractivity contribution >= 4 is 11.8 Å². The van der Waals surface area contributed by atoms with Crippen molar-refractivity contribution in [2.45, 2.75) is 46.6 Å². The van der Waals surface area contributed by atoms with Gasteiger partial charge in [-0.2, -0.15) is 0 Å². The van der Waals surface area contributed by atoms with Crippen LogP contribution in [0.25, 0.3) is 0 Å². The van der Waals surface area contributed by atoms with Crippen molar-refractivity contribution in [3.63, 3.8) is 0 Å². The Morgan fingerprint density at radius 3 is 2.09 bits per heavy atom. The summed E-state index contributed by atoms with van der Waals surface area (Å²) in [4.78, 5) is 23.9. The van der Waals surface area contributed by atoms with E-state index in [1.165, 1.54) is 0 Å². The molecule has 1 aromatic rings. The number of rotatable bonds is 7. The zero-order valence-corrected chi connectivity index (χ0v) is 14.1. The number of ketones is 1. The van der Waals surface area contributed by atoms with Gasteiger partial charge in [0.2, 0.25) is 0 Å². The number of benzene rings is 1. The normalized spacial score (nSPS) is 12.8. The van der Waals surface area contributed by atoms with Gasteiger partial charge in [-0.3, -0.25) is 4.79 Å². The van der Waals surface area contributed by atoms with E-state index in [-0.39, 0.29) is 23.9 Å². The zero-order valence-electron chi connectivity index (χ0n) is 14.1. The van der Waals surface area contributed by atoms with Gasteiger partial charge in [0.05, 0.1) is 17.8 Å². The first-order chi connectivity index (χ1) is 10.2. The molecule has 0 spiro atoms. The Morgan fingerprint density at radius 2 is 1.59 bits per heavy atom.